The molecule has 1 aliphatic carbocycles. The van der Waals surface area contributed by atoms with Crippen LogP contribution in [0.4, 0.5) is 0 Å². The highest BCUT2D eigenvalue weighted by Crippen LogP contribution is 2.46. The van der Waals surface area contributed by atoms with Gasteiger partial charge in [-0.3, -0.25) is 0 Å². The average Bonchev–Trinajstić information content (AvgIpc) is 3.18. The Bertz CT molecular complexity index is 1560. The first kappa shape index (κ1) is 21.2. The molecule has 0 atom stereocenters. The standard InChI is InChI=1S/C27H24ClN5O/c1-16-10-23-30-13-19-12-22(18-4-3-5-21(28)11-18)24(31-25(19)33(23)32-16)17-6-8-20(9-7-17)27(29)14-26(2,34)15-27/h3-13,34H,14-15,29H2,1-2H3/t26-,27+. The highest BCUT2D eigenvalue weighted by Gasteiger charge is 2.49. The number of benzene rings is 2. The summed E-state index contributed by atoms with van der Waals surface area (Å²) in [5, 5.41) is 16.4. The van der Waals surface area contributed by atoms with E-state index in [4.69, 9.17) is 22.3 Å². The van der Waals surface area contributed by atoms with Gasteiger partial charge in [-0.2, -0.15) is 9.61 Å². The SMILES string of the molecule is Cc1cc2ncc3cc(-c4cccc(Cl)c4)c(-c4ccc([C@]5(N)C[C@@](C)(O)C5)cc4)nc3n2n1. The molecule has 3 aromatic heterocycles. The molecule has 0 saturated heterocycles. The molecule has 5 aromatic rings. The molecule has 0 amide bonds. The second kappa shape index (κ2) is 7.34. The Kier molecular flexibility index (Phi) is 4.58. The number of aromatic nitrogens is 4. The van der Waals surface area contributed by atoms with E-state index in [2.05, 4.69) is 16.1 Å². The van der Waals surface area contributed by atoms with Gasteiger partial charge < -0.3 is 10.8 Å². The molecular weight excluding hydrogens is 446 g/mol. The normalized spacial score (nSPS) is 22.3. The molecule has 0 spiro atoms. The number of aliphatic hydroxyl groups is 1. The lowest BCUT2D eigenvalue weighted by Gasteiger charge is -2.49. The Morgan fingerprint density at radius 1 is 1.03 bits per heavy atom. The largest absolute Gasteiger partial charge is 0.390 e. The lowest BCUT2D eigenvalue weighted by atomic mass is 9.63. The average molecular weight is 470 g/mol. The molecule has 3 N–H and O–H groups in total. The summed E-state index contributed by atoms with van der Waals surface area (Å²) in [6, 6.07) is 20.0. The molecule has 1 aliphatic rings. The molecule has 0 bridgehead atoms. The van der Waals surface area contributed by atoms with Gasteiger partial charge in [-0.15, -0.1) is 0 Å². The summed E-state index contributed by atoms with van der Waals surface area (Å²) in [5.74, 6) is 0. The summed E-state index contributed by atoms with van der Waals surface area (Å²) in [7, 11) is 0. The molecule has 170 valence electrons. The molecule has 0 aliphatic heterocycles. The van der Waals surface area contributed by atoms with Gasteiger partial charge >= 0.3 is 0 Å². The molecular formula is C27H24ClN5O. The van der Waals surface area contributed by atoms with E-state index in [1.807, 2.05) is 74.6 Å². The van der Waals surface area contributed by atoms with E-state index in [0.29, 0.717) is 17.9 Å². The topological polar surface area (TPSA) is 89.3 Å². The minimum absolute atomic E-state index is 0.501. The zero-order valence-electron chi connectivity index (χ0n) is 19.0. The van der Waals surface area contributed by atoms with Crippen LogP contribution >= 0.6 is 11.6 Å². The third-order valence-electron chi connectivity index (χ3n) is 6.64. The van der Waals surface area contributed by atoms with Crippen LogP contribution in [0.25, 0.3) is 39.1 Å². The lowest BCUT2D eigenvalue weighted by Crippen LogP contribution is -2.58. The lowest BCUT2D eigenvalue weighted by molar-refractivity contribution is -0.0738. The highest BCUT2D eigenvalue weighted by molar-refractivity contribution is 6.30. The van der Waals surface area contributed by atoms with Gasteiger partial charge in [-0.05, 0) is 56.0 Å². The minimum atomic E-state index is -0.700. The molecule has 34 heavy (non-hydrogen) atoms. The Morgan fingerprint density at radius 3 is 2.50 bits per heavy atom. The van der Waals surface area contributed by atoms with Crippen LogP contribution in [0, 0.1) is 6.92 Å². The Hall–Kier alpha value is -3.32. The van der Waals surface area contributed by atoms with Crippen molar-refractivity contribution in [3.8, 4) is 22.4 Å². The second-order valence-corrected chi connectivity index (χ2v) is 10.1. The van der Waals surface area contributed by atoms with E-state index in [1.54, 1.807) is 4.52 Å². The summed E-state index contributed by atoms with van der Waals surface area (Å²) in [5.41, 5.74) is 12.5. The van der Waals surface area contributed by atoms with E-state index >= 15 is 0 Å². The number of hydrogen-bond donors (Lipinski definition) is 2. The summed E-state index contributed by atoms with van der Waals surface area (Å²) in [4.78, 5) is 9.64. The fourth-order valence-corrected chi connectivity index (χ4v) is 5.41. The smallest absolute Gasteiger partial charge is 0.165 e. The van der Waals surface area contributed by atoms with E-state index in [9.17, 15) is 5.11 Å². The monoisotopic (exact) mass is 469 g/mol. The predicted molar refractivity (Wildman–Crippen MR) is 135 cm³/mol. The zero-order chi connectivity index (χ0) is 23.7. The Labute approximate surface area is 202 Å². The van der Waals surface area contributed by atoms with Crippen molar-refractivity contribution < 1.29 is 5.11 Å². The maximum absolute atomic E-state index is 10.2. The van der Waals surface area contributed by atoms with Gasteiger partial charge in [0.2, 0.25) is 0 Å². The molecule has 0 unspecified atom stereocenters. The number of aryl methyl sites for hydroxylation is 1. The maximum Gasteiger partial charge on any atom is 0.165 e. The van der Waals surface area contributed by atoms with Crippen molar-refractivity contribution in [1.82, 2.24) is 19.6 Å². The first-order valence-corrected chi connectivity index (χ1v) is 11.6. The third kappa shape index (κ3) is 3.46. The number of rotatable bonds is 3. The van der Waals surface area contributed by atoms with Crippen LogP contribution in [0.3, 0.4) is 0 Å². The van der Waals surface area contributed by atoms with Crippen molar-refractivity contribution in [2.24, 2.45) is 5.73 Å². The highest BCUT2D eigenvalue weighted by atomic mass is 35.5. The Balaban J connectivity index is 1.54. The fourth-order valence-electron chi connectivity index (χ4n) is 5.22. The summed E-state index contributed by atoms with van der Waals surface area (Å²) in [6.07, 6.45) is 2.93. The summed E-state index contributed by atoms with van der Waals surface area (Å²) in [6.45, 7) is 3.77. The van der Waals surface area contributed by atoms with Crippen LogP contribution in [-0.2, 0) is 5.54 Å². The molecule has 7 heteroatoms. The van der Waals surface area contributed by atoms with Crippen LogP contribution in [0.1, 0.15) is 31.0 Å². The first-order valence-electron chi connectivity index (χ1n) is 11.3. The van der Waals surface area contributed by atoms with E-state index in [0.717, 1.165) is 50.3 Å². The van der Waals surface area contributed by atoms with Gasteiger partial charge in [-0.1, -0.05) is 48.0 Å². The van der Waals surface area contributed by atoms with Crippen molar-refractivity contribution >= 4 is 28.3 Å². The van der Waals surface area contributed by atoms with Gasteiger partial charge in [0.25, 0.3) is 0 Å². The quantitative estimate of drug-likeness (QED) is 0.375. The zero-order valence-corrected chi connectivity index (χ0v) is 19.7. The summed E-state index contributed by atoms with van der Waals surface area (Å²) >= 11 is 6.33. The predicted octanol–water partition coefficient (Wildman–Crippen LogP) is 5.27. The molecule has 6 nitrogen and oxygen atoms in total. The van der Waals surface area contributed by atoms with Gasteiger partial charge in [-0.25, -0.2) is 9.97 Å². The van der Waals surface area contributed by atoms with Crippen molar-refractivity contribution in [2.75, 3.05) is 0 Å². The van der Waals surface area contributed by atoms with Crippen molar-refractivity contribution in [1.29, 1.82) is 0 Å². The second-order valence-electron chi connectivity index (χ2n) is 9.71. The fraction of sp³-hybridized carbons (Fsp3) is 0.222. The van der Waals surface area contributed by atoms with E-state index in [-0.39, 0.29) is 0 Å². The van der Waals surface area contributed by atoms with E-state index < -0.39 is 11.1 Å². The molecule has 1 fully saturated rings. The number of nitrogens with zero attached hydrogens (tertiary/aromatic N) is 4. The van der Waals surface area contributed by atoms with Crippen LogP contribution in [0.2, 0.25) is 5.02 Å². The molecule has 1 saturated carbocycles. The number of fused-ring (bicyclic) bond motifs is 3. The van der Waals surface area contributed by atoms with Gasteiger partial charge in [0.15, 0.2) is 11.3 Å². The number of pyridine rings is 1. The number of hydrogen-bond acceptors (Lipinski definition) is 5. The van der Waals surface area contributed by atoms with Crippen molar-refractivity contribution in [3.63, 3.8) is 0 Å². The van der Waals surface area contributed by atoms with Crippen molar-refractivity contribution in [2.45, 2.75) is 37.8 Å². The van der Waals surface area contributed by atoms with Crippen LogP contribution in [0.5, 0.6) is 0 Å². The molecule has 6 rings (SSSR count). The van der Waals surface area contributed by atoms with E-state index in [1.165, 1.54) is 0 Å². The van der Waals surface area contributed by atoms with Gasteiger partial charge in [0.1, 0.15) is 0 Å². The number of halogens is 1. The Morgan fingerprint density at radius 2 is 1.79 bits per heavy atom. The van der Waals surface area contributed by atoms with Crippen LogP contribution < -0.4 is 5.73 Å². The van der Waals surface area contributed by atoms with Crippen molar-refractivity contribution in [3.05, 3.63) is 83.1 Å². The maximum atomic E-state index is 10.2. The number of nitrogens with two attached hydrogens (primary N) is 1. The van der Waals surface area contributed by atoms with Crippen LogP contribution in [0.15, 0.2) is 66.9 Å². The van der Waals surface area contributed by atoms with Crippen LogP contribution in [-0.4, -0.2) is 30.3 Å². The molecule has 3 heterocycles. The molecule has 2 aromatic carbocycles. The third-order valence-corrected chi connectivity index (χ3v) is 6.88. The first-order chi connectivity index (χ1) is 16.2. The summed E-state index contributed by atoms with van der Waals surface area (Å²) < 4.78 is 1.79. The van der Waals surface area contributed by atoms with Gasteiger partial charge in [0.05, 0.1) is 17.0 Å². The molecule has 0 radical (unpaired) electrons. The minimum Gasteiger partial charge on any atom is -0.390 e. The van der Waals surface area contributed by atoms with Gasteiger partial charge in [0, 0.05) is 39.3 Å².